The highest BCUT2D eigenvalue weighted by molar-refractivity contribution is 7.80. The summed E-state index contributed by atoms with van der Waals surface area (Å²) >= 11 is 4.94. The van der Waals surface area contributed by atoms with E-state index in [1.54, 1.807) is 18.3 Å². The topological polar surface area (TPSA) is 80.0 Å². The summed E-state index contributed by atoms with van der Waals surface area (Å²) in [5.74, 6) is 1.09. The van der Waals surface area contributed by atoms with Gasteiger partial charge in [0.2, 0.25) is 5.91 Å². The minimum atomic E-state index is 0.0222. The lowest BCUT2D eigenvalue weighted by Crippen LogP contribution is -2.29. The van der Waals surface area contributed by atoms with Crippen LogP contribution in [0.15, 0.2) is 18.3 Å². The zero-order chi connectivity index (χ0) is 14.3. The first-order chi connectivity index (χ1) is 9.00. The molecule has 1 aromatic heterocycles. The van der Waals surface area contributed by atoms with Gasteiger partial charge in [0, 0.05) is 25.7 Å². The van der Waals surface area contributed by atoms with Gasteiger partial charge in [0.25, 0.3) is 0 Å². The average molecular weight is 280 g/mol. The van der Waals surface area contributed by atoms with Crippen LogP contribution in [0.2, 0.25) is 0 Å². The lowest BCUT2D eigenvalue weighted by molar-refractivity contribution is -0.120. The van der Waals surface area contributed by atoms with Gasteiger partial charge in [-0.25, -0.2) is 4.98 Å². The van der Waals surface area contributed by atoms with E-state index in [2.05, 4.69) is 29.5 Å². The van der Waals surface area contributed by atoms with Gasteiger partial charge in [0.05, 0.1) is 5.56 Å². The van der Waals surface area contributed by atoms with Crippen LogP contribution < -0.4 is 16.4 Å². The fourth-order valence-corrected chi connectivity index (χ4v) is 1.61. The normalized spacial score (nSPS) is 10.3. The van der Waals surface area contributed by atoms with Crippen molar-refractivity contribution in [3.63, 3.8) is 0 Å². The van der Waals surface area contributed by atoms with E-state index in [0.717, 1.165) is 0 Å². The van der Waals surface area contributed by atoms with Gasteiger partial charge < -0.3 is 16.4 Å². The minimum Gasteiger partial charge on any atom is -0.389 e. The van der Waals surface area contributed by atoms with Crippen molar-refractivity contribution in [2.45, 2.75) is 20.3 Å². The Kier molecular flexibility index (Phi) is 6.21. The Morgan fingerprint density at radius 2 is 2.26 bits per heavy atom. The summed E-state index contributed by atoms with van der Waals surface area (Å²) < 4.78 is 0. The molecule has 0 bridgehead atoms. The zero-order valence-electron chi connectivity index (χ0n) is 11.3. The molecule has 0 unspecified atom stereocenters. The number of pyridine rings is 1. The number of aromatic nitrogens is 1. The maximum absolute atomic E-state index is 11.5. The SMILES string of the molecule is CC(C)CNC(=O)CCNc1ncccc1C(N)=S. The van der Waals surface area contributed by atoms with Gasteiger partial charge in [0.15, 0.2) is 0 Å². The molecule has 0 aliphatic carbocycles. The van der Waals surface area contributed by atoms with Crippen molar-refractivity contribution in [2.75, 3.05) is 18.4 Å². The van der Waals surface area contributed by atoms with Crippen molar-refractivity contribution in [3.05, 3.63) is 23.9 Å². The summed E-state index contributed by atoms with van der Waals surface area (Å²) in [6.45, 7) is 5.30. The highest BCUT2D eigenvalue weighted by atomic mass is 32.1. The van der Waals surface area contributed by atoms with Crippen LogP contribution >= 0.6 is 12.2 Å². The number of carbonyl (C=O) groups is 1. The van der Waals surface area contributed by atoms with Crippen LogP contribution in [-0.2, 0) is 4.79 Å². The van der Waals surface area contributed by atoms with Gasteiger partial charge in [0.1, 0.15) is 10.8 Å². The van der Waals surface area contributed by atoms with Crippen molar-refractivity contribution in [3.8, 4) is 0 Å². The summed E-state index contributed by atoms with van der Waals surface area (Å²) in [6.07, 6.45) is 2.04. The number of thiocarbonyl (C=S) groups is 1. The van der Waals surface area contributed by atoms with Crippen molar-refractivity contribution < 1.29 is 4.79 Å². The molecular weight excluding hydrogens is 260 g/mol. The van der Waals surface area contributed by atoms with E-state index in [1.807, 2.05) is 0 Å². The Balaban J connectivity index is 2.41. The molecule has 1 heterocycles. The Morgan fingerprint density at radius 3 is 2.89 bits per heavy atom. The highest BCUT2D eigenvalue weighted by Crippen LogP contribution is 2.10. The van der Waals surface area contributed by atoms with Crippen LogP contribution in [0.25, 0.3) is 0 Å². The van der Waals surface area contributed by atoms with Gasteiger partial charge in [-0.1, -0.05) is 26.1 Å². The second kappa shape index (κ2) is 7.68. The summed E-state index contributed by atoms with van der Waals surface area (Å²) in [5, 5.41) is 5.93. The molecule has 0 atom stereocenters. The van der Waals surface area contributed by atoms with Crippen molar-refractivity contribution in [1.82, 2.24) is 10.3 Å². The molecule has 0 fully saturated rings. The second-order valence-electron chi connectivity index (χ2n) is 4.64. The third kappa shape index (κ3) is 5.65. The van der Waals surface area contributed by atoms with E-state index in [1.165, 1.54) is 0 Å². The molecule has 0 spiro atoms. The molecule has 0 saturated carbocycles. The molecule has 104 valence electrons. The predicted octanol–water partition coefficient (Wildman–Crippen LogP) is 1.29. The third-order valence-electron chi connectivity index (χ3n) is 2.43. The molecule has 0 aromatic carbocycles. The van der Waals surface area contributed by atoms with Crippen LogP contribution in [0, 0.1) is 5.92 Å². The lowest BCUT2D eigenvalue weighted by atomic mass is 10.2. The van der Waals surface area contributed by atoms with Crippen LogP contribution in [0.5, 0.6) is 0 Å². The van der Waals surface area contributed by atoms with Crippen LogP contribution in [-0.4, -0.2) is 29.0 Å². The number of nitrogens with zero attached hydrogens (tertiary/aromatic N) is 1. The largest absolute Gasteiger partial charge is 0.389 e. The first-order valence-electron chi connectivity index (χ1n) is 6.26. The number of nitrogens with two attached hydrogens (primary N) is 1. The van der Waals surface area contributed by atoms with Gasteiger partial charge >= 0.3 is 0 Å². The Labute approximate surface area is 119 Å². The molecule has 1 rings (SSSR count). The van der Waals surface area contributed by atoms with Gasteiger partial charge in [-0.3, -0.25) is 4.79 Å². The second-order valence-corrected chi connectivity index (χ2v) is 5.08. The highest BCUT2D eigenvalue weighted by Gasteiger charge is 2.06. The molecule has 19 heavy (non-hydrogen) atoms. The predicted molar refractivity (Wildman–Crippen MR) is 81.1 cm³/mol. The van der Waals surface area contributed by atoms with E-state index in [9.17, 15) is 4.79 Å². The lowest BCUT2D eigenvalue weighted by Gasteiger charge is -2.10. The number of carbonyl (C=O) groups excluding carboxylic acids is 1. The van der Waals surface area contributed by atoms with Crippen molar-refractivity contribution in [1.29, 1.82) is 0 Å². The molecule has 5 nitrogen and oxygen atoms in total. The first kappa shape index (κ1) is 15.4. The first-order valence-corrected chi connectivity index (χ1v) is 6.67. The van der Waals surface area contributed by atoms with E-state index >= 15 is 0 Å². The molecule has 1 aromatic rings. The molecule has 4 N–H and O–H groups in total. The maximum atomic E-state index is 11.5. The number of anilines is 1. The molecule has 0 aliphatic rings. The van der Waals surface area contributed by atoms with Gasteiger partial charge in [-0.05, 0) is 18.1 Å². The molecular formula is C13H20N4OS. The fourth-order valence-electron chi connectivity index (χ4n) is 1.45. The standard InChI is InChI=1S/C13H20N4OS/c1-9(2)8-17-11(18)5-7-16-13-10(12(14)19)4-3-6-15-13/h3-4,6,9H,5,7-8H2,1-2H3,(H2,14,19)(H,15,16)(H,17,18). The van der Waals surface area contributed by atoms with Crippen LogP contribution in [0.4, 0.5) is 5.82 Å². The Hall–Kier alpha value is -1.69. The minimum absolute atomic E-state index is 0.0222. The summed E-state index contributed by atoms with van der Waals surface area (Å²) in [4.78, 5) is 16.0. The Bertz CT molecular complexity index is 448. The average Bonchev–Trinajstić information content (AvgIpc) is 2.36. The number of nitrogens with one attached hydrogen (secondary N) is 2. The van der Waals surface area contributed by atoms with Crippen molar-refractivity contribution in [2.24, 2.45) is 11.7 Å². The quantitative estimate of drug-likeness (QED) is 0.656. The molecule has 6 heteroatoms. The Morgan fingerprint density at radius 1 is 1.53 bits per heavy atom. The summed E-state index contributed by atoms with van der Waals surface area (Å²) in [5.41, 5.74) is 6.29. The maximum Gasteiger partial charge on any atom is 0.221 e. The number of hydrogen-bond acceptors (Lipinski definition) is 4. The van der Waals surface area contributed by atoms with E-state index in [4.69, 9.17) is 18.0 Å². The summed E-state index contributed by atoms with van der Waals surface area (Å²) in [7, 11) is 0. The molecule has 0 saturated heterocycles. The third-order valence-corrected chi connectivity index (χ3v) is 2.65. The van der Waals surface area contributed by atoms with Crippen molar-refractivity contribution >= 4 is 28.9 Å². The van der Waals surface area contributed by atoms with E-state index in [0.29, 0.717) is 41.8 Å². The van der Waals surface area contributed by atoms with E-state index in [-0.39, 0.29) is 5.91 Å². The van der Waals surface area contributed by atoms with E-state index < -0.39 is 0 Å². The molecule has 0 aliphatic heterocycles. The van der Waals surface area contributed by atoms with Crippen LogP contribution in [0.3, 0.4) is 0 Å². The zero-order valence-corrected chi connectivity index (χ0v) is 12.1. The number of rotatable bonds is 7. The molecule has 0 radical (unpaired) electrons. The monoisotopic (exact) mass is 280 g/mol. The number of amides is 1. The fraction of sp³-hybridized carbons (Fsp3) is 0.462. The summed E-state index contributed by atoms with van der Waals surface area (Å²) in [6, 6.07) is 3.57. The van der Waals surface area contributed by atoms with Crippen LogP contribution in [0.1, 0.15) is 25.8 Å². The smallest absolute Gasteiger partial charge is 0.221 e. The molecule has 1 amide bonds. The van der Waals surface area contributed by atoms with Gasteiger partial charge in [-0.15, -0.1) is 0 Å². The number of hydrogen-bond donors (Lipinski definition) is 3. The van der Waals surface area contributed by atoms with Gasteiger partial charge in [-0.2, -0.15) is 0 Å².